The van der Waals surface area contributed by atoms with Crippen LogP contribution in [0.4, 0.5) is 5.69 Å². The van der Waals surface area contributed by atoms with E-state index < -0.39 is 0 Å². The van der Waals surface area contributed by atoms with Crippen LogP contribution in [0.25, 0.3) is 11.3 Å². The van der Waals surface area contributed by atoms with Crippen LogP contribution < -0.4 is 10.5 Å². The van der Waals surface area contributed by atoms with Crippen molar-refractivity contribution in [3.8, 4) is 17.0 Å². The minimum absolute atomic E-state index is 0.372. The van der Waals surface area contributed by atoms with Crippen molar-refractivity contribution in [3.05, 3.63) is 42.6 Å². The molecule has 0 spiro atoms. The first kappa shape index (κ1) is 11.1. The smallest absolute Gasteiger partial charge is 0.308 e. The molecule has 0 saturated heterocycles. The highest BCUT2D eigenvalue weighted by Gasteiger charge is 2.09. The van der Waals surface area contributed by atoms with Crippen LogP contribution in [0.5, 0.6) is 5.75 Å². The van der Waals surface area contributed by atoms with Gasteiger partial charge in [0.2, 0.25) is 0 Å². The molecule has 0 atom stereocenters. The number of hydrogen-bond acceptors (Lipinski definition) is 4. The Morgan fingerprint density at radius 3 is 2.82 bits per heavy atom. The Kier molecular flexibility index (Phi) is 3.05. The molecule has 0 saturated carbocycles. The first-order valence-corrected chi connectivity index (χ1v) is 5.16. The third kappa shape index (κ3) is 2.60. The summed E-state index contributed by atoms with van der Waals surface area (Å²) in [5.74, 6) is 0.0637. The molecule has 0 radical (unpaired) electrons. The number of ether oxygens (including phenoxy) is 1. The molecule has 4 heteroatoms. The molecule has 2 aromatic rings. The molecular formula is C13H12N2O2. The normalized spacial score (nSPS) is 9.94. The lowest BCUT2D eigenvalue weighted by Crippen LogP contribution is -2.03. The van der Waals surface area contributed by atoms with Gasteiger partial charge in [0.1, 0.15) is 5.69 Å². The second-order valence-corrected chi connectivity index (χ2v) is 3.57. The number of pyridine rings is 1. The van der Waals surface area contributed by atoms with Crippen molar-refractivity contribution in [2.75, 3.05) is 5.73 Å². The maximum absolute atomic E-state index is 11.0. The van der Waals surface area contributed by atoms with Gasteiger partial charge in [0, 0.05) is 24.4 Å². The molecule has 0 aliphatic carbocycles. The van der Waals surface area contributed by atoms with E-state index in [2.05, 4.69) is 4.98 Å². The summed E-state index contributed by atoms with van der Waals surface area (Å²) >= 11 is 0. The first-order chi connectivity index (χ1) is 8.16. The van der Waals surface area contributed by atoms with E-state index in [4.69, 9.17) is 10.5 Å². The van der Waals surface area contributed by atoms with Crippen molar-refractivity contribution in [2.45, 2.75) is 6.92 Å². The van der Waals surface area contributed by atoms with Crippen molar-refractivity contribution in [1.29, 1.82) is 0 Å². The van der Waals surface area contributed by atoms with Crippen molar-refractivity contribution in [1.82, 2.24) is 4.98 Å². The zero-order valence-corrected chi connectivity index (χ0v) is 9.38. The van der Waals surface area contributed by atoms with Gasteiger partial charge in [-0.1, -0.05) is 12.1 Å². The van der Waals surface area contributed by atoms with Crippen LogP contribution >= 0.6 is 0 Å². The second-order valence-electron chi connectivity index (χ2n) is 3.57. The SMILES string of the molecule is CC(=O)Oc1cccnc1-c1cccc(N)c1. The molecule has 0 aliphatic heterocycles. The summed E-state index contributed by atoms with van der Waals surface area (Å²) in [4.78, 5) is 15.2. The number of aromatic nitrogens is 1. The van der Waals surface area contributed by atoms with Crippen LogP contribution in [0.1, 0.15) is 6.92 Å². The summed E-state index contributed by atoms with van der Waals surface area (Å²) in [6.07, 6.45) is 1.64. The molecule has 0 bridgehead atoms. The summed E-state index contributed by atoms with van der Waals surface area (Å²) in [5.41, 5.74) is 7.78. The Labute approximate surface area is 99.1 Å². The molecule has 0 amide bonds. The lowest BCUT2D eigenvalue weighted by atomic mass is 10.1. The molecule has 0 fully saturated rings. The predicted octanol–water partition coefficient (Wildman–Crippen LogP) is 2.26. The Morgan fingerprint density at radius 2 is 2.12 bits per heavy atom. The summed E-state index contributed by atoms with van der Waals surface area (Å²) in [7, 11) is 0. The van der Waals surface area contributed by atoms with Gasteiger partial charge in [-0.2, -0.15) is 0 Å². The fourth-order valence-corrected chi connectivity index (χ4v) is 1.53. The summed E-state index contributed by atoms with van der Waals surface area (Å²) in [5, 5.41) is 0. The van der Waals surface area contributed by atoms with Gasteiger partial charge in [0.15, 0.2) is 5.75 Å². The average molecular weight is 228 g/mol. The second kappa shape index (κ2) is 4.65. The largest absolute Gasteiger partial charge is 0.424 e. The molecule has 1 aromatic heterocycles. The third-order valence-corrected chi connectivity index (χ3v) is 2.18. The highest BCUT2D eigenvalue weighted by atomic mass is 16.5. The number of benzene rings is 1. The Bertz CT molecular complexity index is 553. The molecule has 0 aliphatic rings. The topological polar surface area (TPSA) is 65.2 Å². The quantitative estimate of drug-likeness (QED) is 0.632. The standard InChI is InChI=1S/C13H12N2O2/c1-9(16)17-12-6-3-7-15-13(12)10-4-2-5-11(14)8-10/h2-8H,14H2,1H3. The van der Waals surface area contributed by atoms with Crippen LogP contribution in [0.2, 0.25) is 0 Å². The van der Waals surface area contributed by atoms with Crippen LogP contribution in [0, 0.1) is 0 Å². The van der Waals surface area contributed by atoms with E-state index in [1.165, 1.54) is 6.92 Å². The van der Waals surface area contributed by atoms with Gasteiger partial charge in [0.25, 0.3) is 0 Å². The predicted molar refractivity (Wildman–Crippen MR) is 65.4 cm³/mol. The van der Waals surface area contributed by atoms with Crippen LogP contribution in [0.15, 0.2) is 42.6 Å². The van der Waals surface area contributed by atoms with Gasteiger partial charge in [-0.05, 0) is 24.3 Å². The number of nitrogens with zero attached hydrogens (tertiary/aromatic N) is 1. The zero-order chi connectivity index (χ0) is 12.3. The minimum atomic E-state index is -0.372. The van der Waals surface area contributed by atoms with Gasteiger partial charge in [-0.3, -0.25) is 9.78 Å². The Hall–Kier alpha value is -2.36. The number of esters is 1. The average Bonchev–Trinajstić information content (AvgIpc) is 2.29. The van der Waals surface area contributed by atoms with E-state index >= 15 is 0 Å². The maximum Gasteiger partial charge on any atom is 0.308 e. The van der Waals surface area contributed by atoms with E-state index in [1.54, 1.807) is 30.5 Å². The van der Waals surface area contributed by atoms with Crippen molar-refractivity contribution < 1.29 is 9.53 Å². The number of nitrogen functional groups attached to an aromatic ring is 1. The maximum atomic E-state index is 11.0. The van der Waals surface area contributed by atoms with E-state index in [0.29, 0.717) is 17.1 Å². The zero-order valence-electron chi connectivity index (χ0n) is 9.38. The molecule has 0 unspecified atom stereocenters. The highest BCUT2D eigenvalue weighted by Crippen LogP contribution is 2.28. The molecule has 17 heavy (non-hydrogen) atoms. The van der Waals surface area contributed by atoms with Gasteiger partial charge in [-0.15, -0.1) is 0 Å². The van der Waals surface area contributed by atoms with Crippen molar-refractivity contribution in [3.63, 3.8) is 0 Å². The Balaban J connectivity index is 2.47. The van der Waals surface area contributed by atoms with Crippen LogP contribution in [-0.2, 0) is 4.79 Å². The Morgan fingerprint density at radius 1 is 1.29 bits per heavy atom. The number of anilines is 1. The summed E-state index contributed by atoms with van der Waals surface area (Å²) in [6.45, 7) is 1.36. The number of rotatable bonds is 2. The fraction of sp³-hybridized carbons (Fsp3) is 0.0769. The number of carbonyl (C=O) groups is 1. The third-order valence-electron chi connectivity index (χ3n) is 2.18. The lowest BCUT2D eigenvalue weighted by molar-refractivity contribution is -0.131. The highest BCUT2D eigenvalue weighted by molar-refractivity contribution is 5.75. The molecule has 1 aromatic carbocycles. The van der Waals surface area contributed by atoms with Crippen molar-refractivity contribution >= 4 is 11.7 Å². The number of nitrogens with two attached hydrogens (primary N) is 1. The molecule has 2 rings (SSSR count). The molecule has 4 nitrogen and oxygen atoms in total. The first-order valence-electron chi connectivity index (χ1n) is 5.16. The van der Waals surface area contributed by atoms with Crippen LogP contribution in [0.3, 0.4) is 0 Å². The summed E-state index contributed by atoms with van der Waals surface area (Å²) < 4.78 is 5.10. The fourth-order valence-electron chi connectivity index (χ4n) is 1.53. The van der Waals surface area contributed by atoms with Gasteiger partial charge in [0.05, 0.1) is 0 Å². The number of carbonyl (C=O) groups excluding carboxylic acids is 1. The van der Waals surface area contributed by atoms with Gasteiger partial charge < -0.3 is 10.5 Å². The summed E-state index contributed by atoms with van der Waals surface area (Å²) in [6, 6.07) is 10.7. The van der Waals surface area contributed by atoms with E-state index in [9.17, 15) is 4.79 Å². The molecule has 1 heterocycles. The van der Waals surface area contributed by atoms with Crippen LogP contribution in [-0.4, -0.2) is 11.0 Å². The lowest BCUT2D eigenvalue weighted by Gasteiger charge is -2.08. The van der Waals surface area contributed by atoms with Gasteiger partial charge >= 0.3 is 5.97 Å². The molecular weight excluding hydrogens is 216 g/mol. The van der Waals surface area contributed by atoms with Crippen molar-refractivity contribution in [2.24, 2.45) is 0 Å². The van der Waals surface area contributed by atoms with Gasteiger partial charge in [-0.25, -0.2) is 0 Å². The minimum Gasteiger partial charge on any atom is -0.424 e. The number of hydrogen-bond donors (Lipinski definition) is 1. The van der Waals surface area contributed by atoms with E-state index in [-0.39, 0.29) is 5.97 Å². The monoisotopic (exact) mass is 228 g/mol. The molecule has 86 valence electrons. The van der Waals surface area contributed by atoms with E-state index in [1.807, 2.05) is 12.1 Å². The van der Waals surface area contributed by atoms with E-state index in [0.717, 1.165) is 5.56 Å². The molecule has 2 N–H and O–H groups in total.